The van der Waals surface area contributed by atoms with Gasteiger partial charge < -0.3 is 4.74 Å². The van der Waals surface area contributed by atoms with Crippen LogP contribution in [0.3, 0.4) is 0 Å². The molecule has 1 atom stereocenters. The van der Waals surface area contributed by atoms with Crippen LogP contribution in [-0.4, -0.2) is 16.3 Å². The molecule has 0 spiro atoms. The Morgan fingerprint density at radius 1 is 1.69 bits per heavy atom. The average Bonchev–Trinajstić information content (AvgIpc) is 2.61. The van der Waals surface area contributed by atoms with Crippen LogP contribution >= 0.6 is 0 Å². The van der Waals surface area contributed by atoms with Crippen molar-refractivity contribution < 1.29 is 4.74 Å². The van der Waals surface area contributed by atoms with Crippen molar-refractivity contribution in [2.75, 3.05) is 0 Å². The van der Waals surface area contributed by atoms with Crippen molar-refractivity contribution in [1.29, 1.82) is 0 Å². The molecule has 72 valence electrons. The second-order valence-corrected chi connectivity index (χ2v) is 4.38. The summed E-state index contributed by atoms with van der Waals surface area (Å²) in [6.45, 7) is 4.44. The van der Waals surface area contributed by atoms with E-state index in [1.807, 2.05) is 0 Å². The van der Waals surface area contributed by atoms with E-state index in [9.17, 15) is 0 Å². The van der Waals surface area contributed by atoms with Crippen molar-refractivity contribution in [3.8, 4) is 5.75 Å². The first-order valence-electron chi connectivity index (χ1n) is 4.83. The molecule has 0 saturated heterocycles. The van der Waals surface area contributed by atoms with Crippen molar-refractivity contribution >= 4 is 0 Å². The predicted molar refractivity (Wildman–Crippen MR) is 50.6 cm³/mol. The molecule has 1 aromatic rings. The van der Waals surface area contributed by atoms with Gasteiger partial charge in [0.25, 0.3) is 0 Å². The predicted octanol–water partition coefficient (Wildman–Crippen LogP) is 2.37. The highest BCUT2D eigenvalue weighted by Crippen LogP contribution is 2.49. The van der Waals surface area contributed by atoms with E-state index in [0.29, 0.717) is 11.5 Å². The summed E-state index contributed by atoms with van der Waals surface area (Å²) in [6, 6.07) is 0. The Hall–Kier alpha value is -0.990. The van der Waals surface area contributed by atoms with E-state index >= 15 is 0 Å². The highest BCUT2D eigenvalue weighted by atomic mass is 16.5. The standard InChI is InChI=1S/C10H16N2O/c1-8(5-10(2)3-4-10)13-9-6-11-12-7-9/h6-8H,3-5H2,1-2H3,(H,11,12). The number of nitrogens with one attached hydrogen (secondary N) is 1. The van der Waals surface area contributed by atoms with Gasteiger partial charge in [-0.05, 0) is 31.6 Å². The number of hydrogen-bond acceptors (Lipinski definition) is 2. The van der Waals surface area contributed by atoms with E-state index in [0.717, 1.165) is 12.2 Å². The monoisotopic (exact) mass is 180 g/mol. The minimum absolute atomic E-state index is 0.296. The van der Waals surface area contributed by atoms with Gasteiger partial charge in [0, 0.05) is 0 Å². The van der Waals surface area contributed by atoms with Crippen molar-refractivity contribution in [1.82, 2.24) is 10.2 Å². The van der Waals surface area contributed by atoms with Crippen LogP contribution in [0, 0.1) is 5.41 Å². The number of nitrogens with zero attached hydrogens (tertiary/aromatic N) is 1. The molecule has 1 aliphatic carbocycles. The zero-order valence-electron chi connectivity index (χ0n) is 8.21. The number of rotatable bonds is 4. The van der Waals surface area contributed by atoms with Gasteiger partial charge in [-0.1, -0.05) is 6.92 Å². The Kier molecular flexibility index (Phi) is 2.02. The molecule has 0 radical (unpaired) electrons. The van der Waals surface area contributed by atoms with Crippen LogP contribution in [0.4, 0.5) is 0 Å². The summed E-state index contributed by atoms with van der Waals surface area (Å²) < 4.78 is 5.68. The smallest absolute Gasteiger partial charge is 0.157 e. The number of H-pyrrole nitrogens is 1. The van der Waals surface area contributed by atoms with Gasteiger partial charge in [0.2, 0.25) is 0 Å². The molecule has 1 fully saturated rings. The van der Waals surface area contributed by atoms with Gasteiger partial charge in [0.15, 0.2) is 5.75 Å². The Morgan fingerprint density at radius 3 is 3.00 bits per heavy atom. The first-order chi connectivity index (χ1) is 6.18. The summed E-state index contributed by atoms with van der Waals surface area (Å²) in [4.78, 5) is 0. The molecule has 3 heteroatoms. The Morgan fingerprint density at radius 2 is 2.46 bits per heavy atom. The average molecular weight is 180 g/mol. The molecule has 2 rings (SSSR count). The third-order valence-corrected chi connectivity index (χ3v) is 2.69. The molecule has 1 aromatic heterocycles. The van der Waals surface area contributed by atoms with Crippen LogP contribution in [0.15, 0.2) is 12.4 Å². The van der Waals surface area contributed by atoms with Crippen molar-refractivity contribution in [2.24, 2.45) is 5.41 Å². The minimum Gasteiger partial charge on any atom is -0.487 e. The lowest BCUT2D eigenvalue weighted by atomic mass is 10.0. The molecule has 0 amide bonds. The summed E-state index contributed by atoms with van der Waals surface area (Å²) in [5, 5.41) is 6.58. The highest BCUT2D eigenvalue weighted by Gasteiger charge is 2.38. The maximum atomic E-state index is 5.68. The normalized spacial score (nSPS) is 21.1. The lowest BCUT2D eigenvalue weighted by molar-refractivity contribution is 0.183. The molecular formula is C10H16N2O. The Bertz CT molecular complexity index is 264. The molecule has 1 unspecified atom stereocenters. The molecular weight excluding hydrogens is 164 g/mol. The number of ether oxygens (including phenoxy) is 1. The van der Waals surface area contributed by atoms with Crippen molar-refractivity contribution in [3.63, 3.8) is 0 Å². The fourth-order valence-corrected chi connectivity index (χ4v) is 1.69. The third-order valence-electron chi connectivity index (χ3n) is 2.69. The molecule has 13 heavy (non-hydrogen) atoms. The minimum atomic E-state index is 0.296. The summed E-state index contributed by atoms with van der Waals surface area (Å²) in [5.41, 5.74) is 0.559. The number of aromatic nitrogens is 2. The second-order valence-electron chi connectivity index (χ2n) is 4.38. The van der Waals surface area contributed by atoms with Crippen LogP contribution in [-0.2, 0) is 0 Å². The fraction of sp³-hybridized carbons (Fsp3) is 0.700. The van der Waals surface area contributed by atoms with Crippen molar-refractivity contribution in [2.45, 2.75) is 39.2 Å². The van der Waals surface area contributed by atoms with Gasteiger partial charge in [-0.3, -0.25) is 5.10 Å². The van der Waals surface area contributed by atoms with Gasteiger partial charge in [-0.2, -0.15) is 5.10 Å². The van der Waals surface area contributed by atoms with Crippen molar-refractivity contribution in [3.05, 3.63) is 12.4 Å². The third kappa shape index (κ3) is 2.23. The largest absolute Gasteiger partial charge is 0.487 e. The van der Waals surface area contributed by atoms with E-state index in [1.54, 1.807) is 12.4 Å². The van der Waals surface area contributed by atoms with Crippen LogP contribution in [0.5, 0.6) is 5.75 Å². The molecule has 1 saturated carbocycles. The highest BCUT2D eigenvalue weighted by molar-refractivity contribution is 5.10. The van der Waals surface area contributed by atoms with E-state index in [4.69, 9.17) is 4.74 Å². The summed E-state index contributed by atoms with van der Waals surface area (Å²) in [5.74, 6) is 0.844. The quantitative estimate of drug-likeness (QED) is 0.772. The molecule has 1 N–H and O–H groups in total. The molecule has 0 bridgehead atoms. The topological polar surface area (TPSA) is 37.9 Å². The first-order valence-corrected chi connectivity index (χ1v) is 4.83. The van der Waals surface area contributed by atoms with Crippen LogP contribution in [0.1, 0.15) is 33.1 Å². The Balaban J connectivity index is 1.81. The van der Waals surface area contributed by atoms with Gasteiger partial charge >= 0.3 is 0 Å². The first kappa shape index (κ1) is 8.60. The van der Waals surface area contributed by atoms with E-state index < -0.39 is 0 Å². The van der Waals surface area contributed by atoms with Crippen LogP contribution < -0.4 is 4.74 Å². The van der Waals surface area contributed by atoms with Gasteiger partial charge in [-0.25, -0.2) is 0 Å². The summed E-state index contributed by atoms with van der Waals surface area (Å²) in [7, 11) is 0. The van der Waals surface area contributed by atoms with Gasteiger partial charge in [-0.15, -0.1) is 0 Å². The molecule has 3 nitrogen and oxygen atoms in total. The maximum absolute atomic E-state index is 5.68. The van der Waals surface area contributed by atoms with E-state index in [1.165, 1.54) is 12.8 Å². The maximum Gasteiger partial charge on any atom is 0.157 e. The zero-order chi connectivity index (χ0) is 9.31. The summed E-state index contributed by atoms with van der Waals surface area (Å²) in [6.07, 6.45) is 7.65. The SMILES string of the molecule is CC(CC1(C)CC1)Oc1cn[nH]c1. The van der Waals surface area contributed by atoms with E-state index in [2.05, 4.69) is 24.0 Å². The van der Waals surface area contributed by atoms with Gasteiger partial charge in [0.05, 0.1) is 18.5 Å². The lowest BCUT2D eigenvalue weighted by Crippen LogP contribution is -2.15. The number of aromatic amines is 1. The fourth-order valence-electron chi connectivity index (χ4n) is 1.69. The Labute approximate surface area is 78.5 Å². The lowest BCUT2D eigenvalue weighted by Gasteiger charge is -2.16. The zero-order valence-corrected chi connectivity index (χ0v) is 8.21. The van der Waals surface area contributed by atoms with E-state index in [-0.39, 0.29) is 0 Å². The molecule has 0 aromatic carbocycles. The molecule has 0 aliphatic heterocycles. The number of hydrogen-bond donors (Lipinski definition) is 1. The second kappa shape index (κ2) is 3.05. The summed E-state index contributed by atoms with van der Waals surface area (Å²) >= 11 is 0. The van der Waals surface area contributed by atoms with Gasteiger partial charge in [0.1, 0.15) is 0 Å². The van der Waals surface area contributed by atoms with Crippen LogP contribution in [0.25, 0.3) is 0 Å². The molecule has 1 aliphatic rings. The van der Waals surface area contributed by atoms with Crippen LogP contribution in [0.2, 0.25) is 0 Å². The molecule has 1 heterocycles.